The van der Waals surface area contributed by atoms with Crippen molar-refractivity contribution in [1.82, 2.24) is 15.0 Å². The van der Waals surface area contributed by atoms with E-state index >= 15 is 0 Å². The topological polar surface area (TPSA) is 121 Å². The molecule has 0 aromatic carbocycles. The largest absolute Gasteiger partial charge is 0.433 e. The number of hydrogen-bond acceptors (Lipinski definition) is 8. The van der Waals surface area contributed by atoms with Crippen molar-refractivity contribution in [3.63, 3.8) is 0 Å². The zero-order valence-electron chi connectivity index (χ0n) is 17.7. The molecule has 3 rings (SSSR count). The molecule has 1 amide bonds. The third-order valence-corrected chi connectivity index (χ3v) is 4.89. The van der Waals surface area contributed by atoms with Crippen LogP contribution in [0.2, 0.25) is 0 Å². The van der Waals surface area contributed by atoms with Gasteiger partial charge in [-0.2, -0.15) is 18.2 Å². The standard InChI is InChI=1S/C20H23F3N8O/c1-11-16-17(31(3)12(2)18(32)29-16)30-19(27-11)26-9-13(7-24)8-25-10-14-5-4-6-15(28-14)20(21,22)23/h4-8,12H,9-10,24H2,1-3H3,(H,29,32)(H,26,27,30)/b13-7+,25-8?/t12-/m0/s1. The Morgan fingerprint density at radius 1 is 1.34 bits per heavy atom. The molecule has 0 fully saturated rings. The highest BCUT2D eigenvalue weighted by Gasteiger charge is 2.32. The monoisotopic (exact) mass is 448 g/mol. The van der Waals surface area contributed by atoms with Gasteiger partial charge >= 0.3 is 6.18 Å². The predicted octanol–water partition coefficient (Wildman–Crippen LogP) is 2.50. The van der Waals surface area contributed by atoms with Gasteiger partial charge in [0.15, 0.2) is 5.82 Å². The SMILES string of the molecule is Cc1nc(NC/C(C=NCc2cccc(C(F)(F)F)n2)=C/N)nc2c1NC(=O)[C@H](C)N2C. The number of carbonyl (C=O) groups is 1. The van der Waals surface area contributed by atoms with E-state index in [0.29, 0.717) is 28.7 Å². The van der Waals surface area contributed by atoms with Crippen molar-refractivity contribution in [3.8, 4) is 0 Å². The van der Waals surface area contributed by atoms with E-state index in [2.05, 4.69) is 30.6 Å². The van der Waals surface area contributed by atoms with Crippen LogP contribution in [0.25, 0.3) is 0 Å². The molecule has 0 bridgehead atoms. The van der Waals surface area contributed by atoms with Crippen LogP contribution in [0, 0.1) is 6.92 Å². The van der Waals surface area contributed by atoms with Gasteiger partial charge in [-0.25, -0.2) is 9.97 Å². The highest BCUT2D eigenvalue weighted by atomic mass is 19.4. The van der Waals surface area contributed by atoms with Crippen molar-refractivity contribution in [3.05, 3.63) is 47.1 Å². The van der Waals surface area contributed by atoms with E-state index in [0.717, 1.165) is 6.07 Å². The fourth-order valence-electron chi connectivity index (χ4n) is 2.94. The predicted molar refractivity (Wildman–Crippen MR) is 115 cm³/mol. The zero-order valence-corrected chi connectivity index (χ0v) is 17.7. The first-order valence-electron chi connectivity index (χ1n) is 9.70. The lowest BCUT2D eigenvalue weighted by Gasteiger charge is -2.32. The number of fused-ring (bicyclic) bond motifs is 1. The number of carbonyl (C=O) groups excluding carboxylic acids is 1. The maximum atomic E-state index is 12.8. The Labute approximate surface area is 182 Å². The van der Waals surface area contributed by atoms with Gasteiger partial charge in [0, 0.05) is 31.6 Å². The molecule has 0 saturated heterocycles. The summed E-state index contributed by atoms with van der Waals surface area (Å²) in [5.41, 5.74) is 6.61. The summed E-state index contributed by atoms with van der Waals surface area (Å²) in [5, 5.41) is 5.85. The van der Waals surface area contributed by atoms with Crippen LogP contribution in [0.3, 0.4) is 0 Å². The Hall–Kier alpha value is -3.70. The minimum Gasteiger partial charge on any atom is -0.404 e. The van der Waals surface area contributed by atoms with E-state index in [9.17, 15) is 18.0 Å². The first kappa shape index (κ1) is 23.0. The van der Waals surface area contributed by atoms with Crippen molar-refractivity contribution in [2.24, 2.45) is 10.7 Å². The van der Waals surface area contributed by atoms with Crippen molar-refractivity contribution in [2.45, 2.75) is 32.6 Å². The molecule has 12 heteroatoms. The summed E-state index contributed by atoms with van der Waals surface area (Å²) >= 11 is 0. The number of nitrogens with one attached hydrogen (secondary N) is 2. The first-order valence-corrected chi connectivity index (χ1v) is 9.70. The summed E-state index contributed by atoms with van der Waals surface area (Å²) in [7, 11) is 1.78. The van der Waals surface area contributed by atoms with E-state index in [1.165, 1.54) is 24.5 Å². The molecular weight excluding hydrogens is 425 g/mol. The van der Waals surface area contributed by atoms with Crippen molar-refractivity contribution < 1.29 is 18.0 Å². The summed E-state index contributed by atoms with van der Waals surface area (Å²) < 4.78 is 38.3. The molecule has 1 aliphatic rings. The number of aryl methyl sites for hydroxylation is 1. The van der Waals surface area contributed by atoms with Crippen LogP contribution in [0.4, 0.5) is 30.6 Å². The van der Waals surface area contributed by atoms with E-state index in [1.807, 2.05) is 0 Å². The molecule has 0 radical (unpaired) electrons. The van der Waals surface area contributed by atoms with Crippen molar-refractivity contribution >= 4 is 29.6 Å². The highest BCUT2D eigenvalue weighted by molar-refractivity contribution is 6.03. The second kappa shape index (κ2) is 9.20. The molecule has 0 saturated carbocycles. The molecule has 4 N–H and O–H groups in total. The third-order valence-electron chi connectivity index (χ3n) is 4.89. The first-order chi connectivity index (χ1) is 15.1. The van der Waals surface area contributed by atoms with Crippen LogP contribution >= 0.6 is 0 Å². The van der Waals surface area contributed by atoms with Gasteiger partial charge in [-0.3, -0.25) is 9.79 Å². The number of anilines is 3. The Balaban J connectivity index is 1.65. The van der Waals surface area contributed by atoms with Gasteiger partial charge in [0.05, 0.1) is 17.9 Å². The van der Waals surface area contributed by atoms with Gasteiger partial charge in [0.1, 0.15) is 17.4 Å². The average molecular weight is 448 g/mol. The highest BCUT2D eigenvalue weighted by Crippen LogP contribution is 2.32. The van der Waals surface area contributed by atoms with Crippen LogP contribution in [0.15, 0.2) is 35.0 Å². The maximum absolute atomic E-state index is 12.8. The quantitative estimate of drug-likeness (QED) is 0.581. The number of amides is 1. The molecule has 170 valence electrons. The van der Waals surface area contributed by atoms with Gasteiger partial charge < -0.3 is 21.3 Å². The molecule has 0 aliphatic carbocycles. The smallest absolute Gasteiger partial charge is 0.404 e. The zero-order chi connectivity index (χ0) is 23.5. The average Bonchev–Trinajstić information content (AvgIpc) is 2.75. The molecule has 32 heavy (non-hydrogen) atoms. The number of nitrogens with zero attached hydrogens (tertiary/aromatic N) is 5. The van der Waals surface area contributed by atoms with Gasteiger partial charge in [0.2, 0.25) is 11.9 Å². The van der Waals surface area contributed by atoms with Crippen molar-refractivity contribution in [2.75, 3.05) is 29.1 Å². The summed E-state index contributed by atoms with van der Waals surface area (Å²) in [6, 6.07) is 3.29. The Bertz CT molecular complexity index is 1070. The molecule has 0 spiro atoms. The van der Waals surface area contributed by atoms with E-state index < -0.39 is 11.9 Å². The molecule has 3 heterocycles. The number of pyridine rings is 1. The van der Waals surface area contributed by atoms with Gasteiger partial charge in [-0.15, -0.1) is 0 Å². The number of rotatable bonds is 6. The number of alkyl halides is 3. The fourth-order valence-corrected chi connectivity index (χ4v) is 2.94. The van der Waals surface area contributed by atoms with Crippen LogP contribution in [0.5, 0.6) is 0 Å². The summed E-state index contributed by atoms with van der Waals surface area (Å²) in [4.78, 5) is 30.3. The number of aliphatic imine (C=N–C) groups is 1. The lowest BCUT2D eigenvalue weighted by Crippen LogP contribution is -2.44. The second-order valence-corrected chi connectivity index (χ2v) is 7.18. The minimum atomic E-state index is -4.51. The molecule has 1 aliphatic heterocycles. The van der Waals surface area contributed by atoms with Crippen LogP contribution in [-0.4, -0.2) is 46.7 Å². The number of nitrogens with two attached hydrogens (primary N) is 1. The molecule has 0 unspecified atom stereocenters. The van der Waals surface area contributed by atoms with Crippen LogP contribution < -0.4 is 21.3 Å². The number of hydrogen-bond donors (Lipinski definition) is 3. The van der Waals surface area contributed by atoms with Crippen molar-refractivity contribution in [1.29, 1.82) is 0 Å². The van der Waals surface area contributed by atoms with E-state index in [-0.39, 0.29) is 30.7 Å². The normalized spacial score (nSPS) is 16.8. The number of likely N-dealkylation sites (N-methyl/N-ethyl adjacent to an activating group) is 1. The molecule has 2 aromatic heterocycles. The van der Waals surface area contributed by atoms with E-state index in [1.54, 1.807) is 25.8 Å². The van der Waals surface area contributed by atoms with E-state index in [4.69, 9.17) is 5.73 Å². The maximum Gasteiger partial charge on any atom is 0.433 e. The summed E-state index contributed by atoms with van der Waals surface area (Å²) in [5.74, 6) is 0.797. The van der Waals surface area contributed by atoms with Crippen LogP contribution in [0.1, 0.15) is 24.0 Å². The van der Waals surface area contributed by atoms with Crippen LogP contribution in [-0.2, 0) is 17.5 Å². The lowest BCUT2D eigenvalue weighted by atomic mass is 10.2. The molecule has 9 nitrogen and oxygen atoms in total. The summed E-state index contributed by atoms with van der Waals surface area (Å²) in [6.07, 6.45) is -1.72. The molecule has 2 aromatic rings. The minimum absolute atomic E-state index is 0.0297. The van der Waals surface area contributed by atoms with Gasteiger partial charge in [-0.05, 0) is 26.0 Å². The third kappa shape index (κ3) is 5.13. The van der Waals surface area contributed by atoms with Gasteiger partial charge in [0.25, 0.3) is 0 Å². The number of halogens is 3. The number of aromatic nitrogens is 3. The Morgan fingerprint density at radius 3 is 2.78 bits per heavy atom. The summed E-state index contributed by atoms with van der Waals surface area (Å²) in [6.45, 7) is 3.74. The lowest BCUT2D eigenvalue weighted by molar-refractivity contribution is -0.141. The second-order valence-electron chi connectivity index (χ2n) is 7.18. The van der Waals surface area contributed by atoms with Gasteiger partial charge in [-0.1, -0.05) is 6.07 Å². The fraction of sp³-hybridized carbons (Fsp3) is 0.350. The Kier molecular flexibility index (Phi) is 6.61. The molecule has 1 atom stereocenters. The molecular formula is C20H23F3N8O. The Morgan fingerprint density at radius 2 is 2.09 bits per heavy atom.